The summed E-state index contributed by atoms with van der Waals surface area (Å²) in [6.45, 7) is 117. The van der Waals surface area contributed by atoms with E-state index in [0.717, 1.165) is 159 Å². The van der Waals surface area contributed by atoms with Gasteiger partial charge in [-0.25, -0.2) is 4.98 Å². The number of fused-ring (bicyclic) bond motifs is 1. The molecule has 0 radical (unpaired) electrons. The molecule has 7 N–H and O–H groups in total. The van der Waals surface area contributed by atoms with Gasteiger partial charge in [-0.05, 0) is 277 Å². The summed E-state index contributed by atoms with van der Waals surface area (Å²) in [5.41, 5.74) is 18.4. The third-order valence-corrected chi connectivity index (χ3v) is 23.4. The molecule has 868 valence electrons. The first-order chi connectivity index (χ1) is 67.4. The lowest BCUT2D eigenvalue weighted by molar-refractivity contribution is -0.119. The molecule has 0 spiro atoms. The van der Waals surface area contributed by atoms with Gasteiger partial charge >= 0.3 is 0 Å². The van der Waals surface area contributed by atoms with Gasteiger partial charge in [0, 0.05) is 61.2 Å². The Morgan fingerprint density at radius 1 is 0.411 bits per heavy atom. The standard InChI is InChI=1S/C12H15N.C11H16.C10H14.C8H18N2.C8H16.C8H18.C7H12N2.2C7H14O.2C7H16.C6H12O.C6H14S.C6H14.C5H11NO.C5H12O.2C5H12.C4H10/c1-9(2)7-10-8-13-12-6-4-3-5-11(10)12;1-9(2)8-11-6-4-10(3)5-7-11;1-9(2)8-10-6-4-3-5-7-10;1-7(2)5-4-6-10-8(3)9;1-7(2)8-5-3-4-6-8;1-4-5-6-7-8(2)3;1-6(2)3-7-4-8-5-9-7;2*1-6(2)4-5-7(3)8;1-6(2)5-7(3)4;1-5-7(4)6(2)3;1-5(2)4-6(3)7;1-6(2)4-5-7-3;1-5(2)6(3)4;1-4(2)3-5(6)7;1-4(2)5(3)6;2*1-4-5(2)3;1-4(2)3/h3-6,8-9,13H,7H2,1-2H3;4-7,9H,8H2,1-3H3;3-7,9H,8H2,1-2H3;7H,4-6H2,1-3H3,(H2,9,10);7-8H,3-6H2,1-2H3;8H,4-7H2,1-3H3;4-6H,3H2,1-2H3,(H,8,9);2*6H,4-5H2,1-3H3;2*6-7H,5H2,1-4H3;5H,4H2,1-3H3;6H,4-5H2,1-3H3;5-6H,1-4H3;4H,3H2,1-2H3,(H2,6,7);4-6H,1-3H3;2*5H,4H2,1-3H3;4H,1-3H3. The number of hydrogen-bond acceptors (Lipinski definition) is 8. The van der Waals surface area contributed by atoms with Crippen molar-refractivity contribution in [3.8, 4) is 0 Å². The van der Waals surface area contributed by atoms with Crippen molar-refractivity contribution in [3.05, 3.63) is 126 Å². The van der Waals surface area contributed by atoms with E-state index in [-0.39, 0.29) is 17.8 Å². The first-order valence-electron chi connectivity index (χ1n) is 59.2. The van der Waals surface area contributed by atoms with E-state index in [1.807, 2.05) is 66.4 Å². The van der Waals surface area contributed by atoms with Crippen LogP contribution in [-0.4, -0.2) is 73.8 Å². The minimum atomic E-state index is -0.213. The molecule has 1 aliphatic carbocycles. The quantitative estimate of drug-likeness (QED) is 0.0146. The number of nitrogens with one attached hydrogen (secondary N) is 2. The number of aliphatic hydroxyl groups excluding tert-OH is 1. The number of benzene rings is 3. The van der Waals surface area contributed by atoms with E-state index >= 15 is 0 Å². The summed E-state index contributed by atoms with van der Waals surface area (Å²) in [4.78, 5) is 55.3. The van der Waals surface area contributed by atoms with Crippen LogP contribution in [0.5, 0.6) is 0 Å². The fourth-order valence-corrected chi connectivity index (χ4v) is 12.5. The smallest absolute Gasteiger partial charge is 0.217 e. The summed E-state index contributed by atoms with van der Waals surface area (Å²) >= 11 is 1.93. The average Bonchev–Trinajstić information content (AvgIpc) is 1.69. The minimum absolute atomic E-state index is 0.148. The van der Waals surface area contributed by atoms with E-state index < -0.39 is 0 Å². The maximum Gasteiger partial charge on any atom is 0.217 e. The number of aromatic amines is 2. The molecule has 2 atom stereocenters. The van der Waals surface area contributed by atoms with Gasteiger partial charge < -0.3 is 40.9 Å². The Morgan fingerprint density at radius 3 is 1.02 bits per heavy atom. The fraction of sp³-hybridized carbons (Fsp3) is 0.791. The highest BCUT2D eigenvalue weighted by Crippen LogP contribution is 2.31. The molecule has 11 nitrogen and oxygen atoms in total. The number of H-pyrrole nitrogens is 2. The second-order valence-corrected chi connectivity index (χ2v) is 50.8. The van der Waals surface area contributed by atoms with E-state index in [4.69, 9.17) is 16.6 Å². The van der Waals surface area contributed by atoms with E-state index in [9.17, 15) is 19.2 Å². The maximum absolute atomic E-state index is 10.3. The fourth-order valence-electron chi connectivity index (χ4n) is 11.8. The Morgan fingerprint density at radius 2 is 0.788 bits per heavy atom. The van der Waals surface area contributed by atoms with Crippen molar-refractivity contribution >= 4 is 51.8 Å². The molecule has 0 bridgehead atoms. The highest BCUT2D eigenvalue weighted by Gasteiger charge is 2.17. The van der Waals surface area contributed by atoms with Gasteiger partial charge in [0.25, 0.3) is 0 Å². The predicted molar refractivity (Wildman–Crippen MR) is 672 cm³/mol. The highest BCUT2D eigenvalue weighted by atomic mass is 32.2. The number of aryl methyl sites for hydroxylation is 1. The molecule has 5 aromatic rings. The van der Waals surface area contributed by atoms with Crippen LogP contribution in [0.1, 0.15) is 530 Å². The zero-order valence-corrected chi connectivity index (χ0v) is 110. The number of amides is 1. The van der Waals surface area contributed by atoms with Crippen LogP contribution in [-0.2, 0) is 44.9 Å². The summed E-state index contributed by atoms with van der Waals surface area (Å²) in [6.07, 6.45) is 37.8. The first-order valence-corrected chi connectivity index (χ1v) is 60.6. The molecule has 0 saturated heterocycles. The number of amidine groups is 1. The van der Waals surface area contributed by atoms with E-state index in [2.05, 4.69) is 409 Å². The Labute approximate surface area is 922 Å². The summed E-state index contributed by atoms with van der Waals surface area (Å²) in [7, 11) is 0. The number of ketones is 3. The van der Waals surface area contributed by atoms with Crippen molar-refractivity contribution in [2.24, 2.45) is 153 Å². The SMILES string of the molecule is CC(=O)CC(C)C.CC(=O)CCC(C)C.CC(=O)CCC(C)C.CC(C)C.CC(C)C(C)C.CC(C)C(C)O.CC(C)C1CCCC1.CC(C)CC(C)C.CC(C)CC(N)=O.CC(C)Cc1c[nH]c2ccccc12.CC(C)Cc1ccccc1.CC(C)Cc1cnc[nH]1.CC(N)=NCCCC(C)C.CCC(C)C.CCC(C)C.CCC(C)C(C)C.CCCCCC(C)C.CSCCC(C)C.Cc1ccc(CC(C)C)cc1. The van der Waals surface area contributed by atoms with Crippen LogP contribution in [0.2, 0.25) is 0 Å². The number of imidazole rings is 1. The molecular formula is C134H266N6O5S. The molecular weight excluding hydrogens is 1810 g/mol. The van der Waals surface area contributed by atoms with Gasteiger partial charge in [-0.1, -0.05) is 481 Å². The number of hydrogen-bond donors (Lipinski definition) is 5. The highest BCUT2D eigenvalue weighted by molar-refractivity contribution is 7.98. The summed E-state index contributed by atoms with van der Waals surface area (Å²) < 4.78 is 0. The first kappa shape index (κ1) is 168. The minimum Gasteiger partial charge on any atom is -0.393 e. The number of aliphatic hydroxyl groups is 1. The number of Topliss-reactive ketones (excluding diaryl/α,β-unsaturated/α-hetero) is 3. The summed E-state index contributed by atoms with van der Waals surface area (Å²) in [5, 5.41) is 10.0. The number of carbonyl (C=O) groups excluding carboxylic acids is 4. The summed E-state index contributed by atoms with van der Waals surface area (Å²) in [5.74, 6) is 20.7. The van der Waals surface area contributed by atoms with Gasteiger partial charge in [0.1, 0.15) is 17.3 Å². The van der Waals surface area contributed by atoms with Crippen molar-refractivity contribution < 1.29 is 24.3 Å². The Hall–Kier alpha value is -5.33. The van der Waals surface area contributed by atoms with Crippen LogP contribution in [0.4, 0.5) is 0 Å². The topological polar surface area (TPSA) is 197 Å². The number of aromatic nitrogens is 3. The maximum atomic E-state index is 10.3. The van der Waals surface area contributed by atoms with Crippen LogP contribution >= 0.6 is 11.8 Å². The second-order valence-electron chi connectivity index (χ2n) is 49.8. The van der Waals surface area contributed by atoms with E-state index in [1.54, 1.807) is 34.0 Å². The molecule has 6 rings (SSSR count). The monoisotopic (exact) mass is 2070 g/mol. The van der Waals surface area contributed by atoms with Gasteiger partial charge in [-0.3, -0.25) is 9.79 Å². The van der Waals surface area contributed by atoms with Gasteiger partial charge in [-0.2, -0.15) is 11.8 Å². The molecule has 0 aliphatic heterocycles. The molecule has 12 heteroatoms. The van der Waals surface area contributed by atoms with E-state index in [1.165, 1.54) is 147 Å². The number of carbonyl (C=O) groups is 4. The van der Waals surface area contributed by atoms with Gasteiger partial charge in [0.05, 0.1) is 18.3 Å². The van der Waals surface area contributed by atoms with Crippen molar-refractivity contribution in [1.29, 1.82) is 0 Å². The number of unbranched alkanes of at least 4 members (excludes halogenated alkanes) is 2. The lowest BCUT2D eigenvalue weighted by atomic mass is 9.95. The average molecular weight is 2070 g/mol. The van der Waals surface area contributed by atoms with Crippen LogP contribution in [0.3, 0.4) is 0 Å². The van der Waals surface area contributed by atoms with Gasteiger partial charge in [0.2, 0.25) is 5.91 Å². The van der Waals surface area contributed by atoms with Gasteiger partial charge in [0.15, 0.2) is 0 Å². The number of primary amides is 1. The van der Waals surface area contributed by atoms with Crippen molar-refractivity contribution in [2.75, 3.05) is 18.6 Å². The number of rotatable bonds is 38. The summed E-state index contributed by atoms with van der Waals surface area (Å²) in [6, 6.07) is 27.9. The molecule has 1 amide bonds. The normalized spacial score (nSPS) is 11.6. The van der Waals surface area contributed by atoms with Crippen molar-refractivity contribution in [3.63, 3.8) is 0 Å². The Kier molecular flexibility index (Phi) is 136. The van der Waals surface area contributed by atoms with Crippen LogP contribution in [0, 0.1) is 143 Å². The lowest BCUT2D eigenvalue weighted by Gasteiger charge is -2.11. The van der Waals surface area contributed by atoms with E-state index in [0.29, 0.717) is 59.3 Å². The Balaban J connectivity index is -0.000000117. The molecule has 1 aliphatic rings. The molecule has 146 heavy (non-hydrogen) atoms. The Bertz CT molecular complexity index is 3310. The number of nitrogens with two attached hydrogens (primary N) is 2. The second kappa shape index (κ2) is 118. The zero-order chi connectivity index (χ0) is 117. The van der Waals surface area contributed by atoms with Crippen molar-refractivity contribution in [1.82, 2.24) is 15.0 Å². The molecule has 1 fully saturated rings. The molecule has 2 unspecified atom stereocenters. The van der Waals surface area contributed by atoms with Gasteiger partial charge in [-0.15, -0.1) is 0 Å². The number of nitrogens with zero attached hydrogens (tertiary/aromatic N) is 2. The number of aliphatic imine (C=N–C) groups is 1. The lowest BCUT2D eigenvalue weighted by Crippen LogP contribution is -2.12. The zero-order valence-electron chi connectivity index (χ0n) is 109. The third-order valence-electron chi connectivity index (χ3n) is 22.8. The predicted octanol–water partition coefficient (Wildman–Crippen LogP) is 41.9. The van der Waals surface area contributed by atoms with Crippen LogP contribution < -0.4 is 11.5 Å². The largest absolute Gasteiger partial charge is 0.393 e. The molecule has 1 saturated carbocycles. The van der Waals surface area contributed by atoms with Crippen molar-refractivity contribution in [2.45, 2.75) is 541 Å². The van der Waals surface area contributed by atoms with Crippen LogP contribution in [0.15, 0.2) is 103 Å². The molecule has 3 aromatic carbocycles. The van der Waals surface area contributed by atoms with Crippen LogP contribution in [0.25, 0.3) is 10.9 Å². The molecule has 2 aromatic heterocycles. The number of thioether (sulfide) groups is 1. The third kappa shape index (κ3) is 175. The number of para-hydroxylation sites is 1. The molecule has 2 heterocycles.